The Morgan fingerprint density at radius 1 is 1.04 bits per heavy atom. The van der Waals surface area contributed by atoms with Crippen molar-refractivity contribution in [2.75, 3.05) is 0 Å². The molecule has 0 atom stereocenters. The Kier molecular flexibility index (Phi) is 5.51. The number of benzene rings is 2. The van der Waals surface area contributed by atoms with Gasteiger partial charge in [0, 0.05) is 25.7 Å². The number of nitrogens with zero attached hydrogens (tertiary/aromatic N) is 2. The van der Waals surface area contributed by atoms with Gasteiger partial charge in [-0.05, 0) is 36.8 Å². The highest BCUT2D eigenvalue weighted by atomic mass is 19.4. The van der Waals surface area contributed by atoms with Gasteiger partial charge in [0.05, 0.1) is 5.69 Å². The number of ether oxygens (including phenoxy) is 1. The van der Waals surface area contributed by atoms with Gasteiger partial charge in [0.2, 0.25) is 0 Å². The normalized spacial score (nSPS) is 11.6. The van der Waals surface area contributed by atoms with Gasteiger partial charge in [-0.3, -0.25) is 4.68 Å². The SMILES string of the molecule is Cc1cccc(Oc2ccccc2CNCc2cc(C(F)(F)F)nn2C)c1. The Bertz CT molecular complexity index is 919. The van der Waals surface area contributed by atoms with Crippen LogP contribution in [0.4, 0.5) is 13.2 Å². The molecular weight excluding hydrogens is 355 g/mol. The van der Waals surface area contributed by atoms with E-state index in [1.807, 2.05) is 55.5 Å². The van der Waals surface area contributed by atoms with Crippen molar-refractivity contribution in [2.24, 2.45) is 7.05 Å². The number of nitrogens with one attached hydrogen (secondary N) is 1. The van der Waals surface area contributed by atoms with Gasteiger partial charge in [0.25, 0.3) is 0 Å². The lowest BCUT2D eigenvalue weighted by Gasteiger charge is -2.12. The maximum absolute atomic E-state index is 12.7. The number of aryl methyl sites for hydroxylation is 2. The fourth-order valence-corrected chi connectivity index (χ4v) is 2.69. The summed E-state index contributed by atoms with van der Waals surface area (Å²) in [6.07, 6.45) is -4.44. The Balaban J connectivity index is 1.66. The minimum absolute atomic E-state index is 0.262. The fraction of sp³-hybridized carbons (Fsp3) is 0.250. The molecule has 0 radical (unpaired) electrons. The standard InChI is InChI=1S/C20H20F3N3O/c1-14-6-5-8-17(10-14)27-18-9-4-3-7-15(18)12-24-13-16-11-19(20(21,22)23)25-26(16)2/h3-11,24H,12-13H2,1-2H3. The summed E-state index contributed by atoms with van der Waals surface area (Å²) >= 11 is 0. The molecule has 0 aliphatic rings. The Labute approximate surface area is 155 Å². The fourth-order valence-electron chi connectivity index (χ4n) is 2.69. The minimum atomic E-state index is -4.44. The Hall–Kier alpha value is -2.80. The number of alkyl halides is 3. The van der Waals surface area contributed by atoms with E-state index in [4.69, 9.17) is 4.74 Å². The molecule has 4 nitrogen and oxygen atoms in total. The third kappa shape index (κ3) is 4.89. The molecule has 0 spiro atoms. The molecular formula is C20H20F3N3O. The van der Waals surface area contributed by atoms with Gasteiger partial charge >= 0.3 is 6.18 Å². The summed E-state index contributed by atoms with van der Waals surface area (Å²) in [5.41, 5.74) is 1.58. The van der Waals surface area contributed by atoms with E-state index in [-0.39, 0.29) is 6.54 Å². The molecule has 7 heteroatoms. The number of halogens is 3. The average molecular weight is 375 g/mol. The summed E-state index contributed by atoms with van der Waals surface area (Å²) in [6.45, 7) is 2.70. The van der Waals surface area contributed by atoms with Gasteiger partial charge in [-0.25, -0.2) is 0 Å². The summed E-state index contributed by atoms with van der Waals surface area (Å²) in [5.74, 6) is 1.44. The lowest BCUT2D eigenvalue weighted by atomic mass is 10.2. The van der Waals surface area contributed by atoms with Gasteiger partial charge in [0.1, 0.15) is 11.5 Å². The first-order valence-corrected chi connectivity index (χ1v) is 8.46. The zero-order valence-electron chi connectivity index (χ0n) is 15.0. The van der Waals surface area contributed by atoms with Crippen LogP contribution in [0.3, 0.4) is 0 Å². The van der Waals surface area contributed by atoms with E-state index in [0.29, 0.717) is 18.0 Å². The van der Waals surface area contributed by atoms with Crippen LogP contribution < -0.4 is 10.1 Å². The lowest BCUT2D eigenvalue weighted by Crippen LogP contribution is -2.15. The Morgan fingerprint density at radius 3 is 2.52 bits per heavy atom. The highest BCUT2D eigenvalue weighted by molar-refractivity contribution is 5.38. The monoisotopic (exact) mass is 375 g/mol. The van der Waals surface area contributed by atoms with Gasteiger partial charge in [0.15, 0.2) is 5.69 Å². The van der Waals surface area contributed by atoms with E-state index >= 15 is 0 Å². The second-order valence-corrected chi connectivity index (χ2v) is 6.27. The molecule has 3 aromatic rings. The van der Waals surface area contributed by atoms with Crippen LogP contribution in [-0.4, -0.2) is 9.78 Å². The molecule has 0 aliphatic heterocycles. The molecule has 0 saturated carbocycles. The molecule has 142 valence electrons. The summed E-state index contributed by atoms with van der Waals surface area (Å²) in [5, 5.41) is 6.67. The van der Waals surface area contributed by atoms with Crippen molar-refractivity contribution in [3.63, 3.8) is 0 Å². The first-order chi connectivity index (χ1) is 12.8. The Morgan fingerprint density at radius 2 is 1.81 bits per heavy atom. The van der Waals surface area contributed by atoms with Gasteiger partial charge in [-0.1, -0.05) is 30.3 Å². The molecule has 0 bridgehead atoms. The molecule has 0 unspecified atom stereocenters. The highest BCUT2D eigenvalue weighted by Gasteiger charge is 2.34. The quantitative estimate of drug-likeness (QED) is 0.671. The van der Waals surface area contributed by atoms with E-state index in [1.165, 1.54) is 11.7 Å². The molecule has 0 fully saturated rings. The van der Waals surface area contributed by atoms with E-state index in [9.17, 15) is 13.2 Å². The number of rotatable bonds is 6. The van der Waals surface area contributed by atoms with E-state index < -0.39 is 11.9 Å². The van der Waals surface area contributed by atoms with Gasteiger partial charge in [-0.2, -0.15) is 18.3 Å². The molecule has 0 saturated heterocycles. The highest BCUT2D eigenvalue weighted by Crippen LogP contribution is 2.28. The zero-order chi connectivity index (χ0) is 19.4. The van der Waals surface area contributed by atoms with Crippen LogP contribution in [0.5, 0.6) is 11.5 Å². The van der Waals surface area contributed by atoms with Crippen LogP contribution >= 0.6 is 0 Å². The molecule has 0 amide bonds. The average Bonchev–Trinajstić information content (AvgIpc) is 2.98. The van der Waals surface area contributed by atoms with Crippen molar-refractivity contribution in [2.45, 2.75) is 26.2 Å². The molecule has 1 N–H and O–H groups in total. The number of para-hydroxylation sites is 1. The maximum atomic E-state index is 12.7. The first-order valence-electron chi connectivity index (χ1n) is 8.46. The second kappa shape index (κ2) is 7.84. The van der Waals surface area contributed by atoms with E-state index in [0.717, 1.165) is 22.9 Å². The van der Waals surface area contributed by atoms with Crippen LogP contribution in [0.15, 0.2) is 54.6 Å². The van der Waals surface area contributed by atoms with E-state index in [2.05, 4.69) is 10.4 Å². The number of hydrogen-bond acceptors (Lipinski definition) is 3. The molecule has 27 heavy (non-hydrogen) atoms. The van der Waals surface area contributed by atoms with Crippen LogP contribution in [0, 0.1) is 6.92 Å². The van der Waals surface area contributed by atoms with Crippen LogP contribution in [-0.2, 0) is 26.3 Å². The number of aromatic nitrogens is 2. The predicted octanol–water partition coefficient (Wildman–Crippen LogP) is 4.83. The van der Waals surface area contributed by atoms with Crippen molar-refractivity contribution in [1.29, 1.82) is 0 Å². The van der Waals surface area contributed by atoms with Crippen LogP contribution in [0.2, 0.25) is 0 Å². The van der Waals surface area contributed by atoms with Gasteiger partial charge in [-0.15, -0.1) is 0 Å². The van der Waals surface area contributed by atoms with Crippen molar-refractivity contribution >= 4 is 0 Å². The van der Waals surface area contributed by atoms with Crippen molar-refractivity contribution in [1.82, 2.24) is 15.1 Å². The molecule has 1 aromatic heterocycles. The zero-order valence-corrected chi connectivity index (χ0v) is 15.0. The number of hydrogen-bond donors (Lipinski definition) is 1. The third-order valence-electron chi connectivity index (χ3n) is 4.08. The van der Waals surface area contributed by atoms with Crippen molar-refractivity contribution < 1.29 is 17.9 Å². The minimum Gasteiger partial charge on any atom is -0.457 e. The van der Waals surface area contributed by atoms with Gasteiger partial charge < -0.3 is 10.1 Å². The summed E-state index contributed by atoms with van der Waals surface area (Å²) < 4.78 is 45.4. The van der Waals surface area contributed by atoms with Crippen LogP contribution in [0.25, 0.3) is 0 Å². The van der Waals surface area contributed by atoms with Crippen LogP contribution in [0.1, 0.15) is 22.5 Å². The summed E-state index contributed by atoms with van der Waals surface area (Å²) in [7, 11) is 1.50. The van der Waals surface area contributed by atoms with Crippen molar-refractivity contribution in [3.8, 4) is 11.5 Å². The molecule has 1 heterocycles. The van der Waals surface area contributed by atoms with Crippen molar-refractivity contribution in [3.05, 3.63) is 77.1 Å². The third-order valence-corrected chi connectivity index (χ3v) is 4.08. The second-order valence-electron chi connectivity index (χ2n) is 6.27. The molecule has 2 aromatic carbocycles. The largest absolute Gasteiger partial charge is 0.457 e. The lowest BCUT2D eigenvalue weighted by molar-refractivity contribution is -0.141. The predicted molar refractivity (Wildman–Crippen MR) is 96.4 cm³/mol. The van der Waals surface area contributed by atoms with E-state index in [1.54, 1.807) is 0 Å². The topological polar surface area (TPSA) is 39.1 Å². The summed E-state index contributed by atoms with van der Waals surface area (Å²) in [6, 6.07) is 16.4. The smallest absolute Gasteiger partial charge is 0.435 e. The summed E-state index contributed by atoms with van der Waals surface area (Å²) in [4.78, 5) is 0. The molecule has 3 rings (SSSR count). The molecule has 0 aliphatic carbocycles. The first kappa shape index (κ1) is 19.0. The maximum Gasteiger partial charge on any atom is 0.435 e.